The van der Waals surface area contributed by atoms with E-state index in [1.165, 1.54) is 18.9 Å². The zero-order chi connectivity index (χ0) is 25.0. The van der Waals surface area contributed by atoms with E-state index in [2.05, 4.69) is 32.7 Å². The second kappa shape index (κ2) is 13.9. The molecule has 3 N–H and O–H groups in total. The van der Waals surface area contributed by atoms with Crippen molar-refractivity contribution in [3.8, 4) is 0 Å². The van der Waals surface area contributed by atoms with E-state index < -0.39 is 18.2 Å². The number of carboxylic acids is 1. The number of fused-ring (bicyclic) bond motifs is 1. The number of anilines is 2. The molecule has 0 bridgehead atoms. The molecule has 1 aliphatic heterocycles. The second-order valence-electron chi connectivity index (χ2n) is 9.02. The maximum atomic E-state index is 14.3. The van der Waals surface area contributed by atoms with Crippen molar-refractivity contribution in [2.45, 2.75) is 57.7 Å². The van der Waals surface area contributed by atoms with E-state index in [1.54, 1.807) is 6.20 Å². The SMILES string of the molecule is COC[C@@H](F)CN(CCCCc1ccc2c(n1)NCCC2)CC[C@H](Nc1cnc(C)cn1)C(=O)O. The Morgan fingerprint density at radius 2 is 2.14 bits per heavy atom. The molecule has 0 fully saturated rings. The number of aryl methyl sites for hydroxylation is 3. The third-order valence-electron chi connectivity index (χ3n) is 6.05. The Balaban J connectivity index is 1.50. The highest BCUT2D eigenvalue weighted by Gasteiger charge is 2.21. The first-order valence-electron chi connectivity index (χ1n) is 12.3. The van der Waals surface area contributed by atoms with E-state index in [0.29, 0.717) is 25.3 Å². The Kier molecular flexibility index (Phi) is 10.6. The van der Waals surface area contributed by atoms with E-state index in [0.717, 1.165) is 55.9 Å². The highest BCUT2D eigenvalue weighted by molar-refractivity contribution is 5.76. The van der Waals surface area contributed by atoms with Gasteiger partial charge in [-0.2, -0.15) is 0 Å². The molecule has 10 heteroatoms. The number of nitrogens with zero attached hydrogens (tertiary/aromatic N) is 4. The molecule has 0 unspecified atom stereocenters. The summed E-state index contributed by atoms with van der Waals surface area (Å²) in [5, 5.41) is 15.9. The van der Waals surface area contributed by atoms with Crippen LogP contribution in [0.2, 0.25) is 0 Å². The zero-order valence-electron chi connectivity index (χ0n) is 20.7. The summed E-state index contributed by atoms with van der Waals surface area (Å²) in [7, 11) is 1.48. The second-order valence-corrected chi connectivity index (χ2v) is 9.02. The molecule has 9 nitrogen and oxygen atoms in total. The molecule has 1 aliphatic rings. The maximum absolute atomic E-state index is 14.3. The number of aromatic nitrogens is 3. The minimum atomic E-state index is -1.13. The third-order valence-corrected chi connectivity index (χ3v) is 6.05. The summed E-state index contributed by atoms with van der Waals surface area (Å²) < 4.78 is 19.3. The Morgan fingerprint density at radius 1 is 1.29 bits per heavy atom. The first-order chi connectivity index (χ1) is 16.9. The van der Waals surface area contributed by atoms with Crippen molar-refractivity contribution in [3.05, 3.63) is 41.5 Å². The van der Waals surface area contributed by atoms with Gasteiger partial charge in [0.15, 0.2) is 0 Å². The number of hydrogen-bond donors (Lipinski definition) is 3. The molecule has 0 aliphatic carbocycles. The summed E-state index contributed by atoms with van der Waals surface area (Å²) in [5.41, 5.74) is 3.08. The number of hydrogen-bond acceptors (Lipinski definition) is 8. The van der Waals surface area contributed by atoms with Crippen LogP contribution in [0.4, 0.5) is 16.0 Å². The molecule has 0 amide bonds. The molecule has 35 heavy (non-hydrogen) atoms. The fraction of sp³-hybridized carbons (Fsp3) is 0.600. The van der Waals surface area contributed by atoms with Gasteiger partial charge in [-0.1, -0.05) is 6.07 Å². The van der Waals surface area contributed by atoms with Crippen molar-refractivity contribution in [3.63, 3.8) is 0 Å². The van der Waals surface area contributed by atoms with Gasteiger partial charge >= 0.3 is 5.97 Å². The number of methoxy groups -OCH3 is 1. The Labute approximate surface area is 206 Å². The van der Waals surface area contributed by atoms with Crippen LogP contribution in [-0.2, 0) is 22.4 Å². The van der Waals surface area contributed by atoms with Gasteiger partial charge < -0.3 is 25.4 Å². The van der Waals surface area contributed by atoms with E-state index in [4.69, 9.17) is 9.72 Å². The summed E-state index contributed by atoms with van der Waals surface area (Å²) in [6, 6.07) is 3.41. The van der Waals surface area contributed by atoms with Gasteiger partial charge in [-0.3, -0.25) is 4.98 Å². The van der Waals surface area contributed by atoms with Crippen molar-refractivity contribution in [1.29, 1.82) is 0 Å². The molecule has 2 atom stereocenters. The van der Waals surface area contributed by atoms with Crippen LogP contribution in [0, 0.1) is 6.92 Å². The minimum Gasteiger partial charge on any atom is -0.480 e. The summed E-state index contributed by atoms with van der Waals surface area (Å²) in [4.78, 5) is 26.8. The summed E-state index contributed by atoms with van der Waals surface area (Å²) in [5.74, 6) is 0.429. The Hall–Kier alpha value is -2.85. The molecule has 0 saturated carbocycles. The maximum Gasteiger partial charge on any atom is 0.326 e. The minimum absolute atomic E-state index is 0.0160. The van der Waals surface area contributed by atoms with Crippen molar-refractivity contribution in [2.75, 3.05) is 50.5 Å². The number of alkyl halides is 1. The third kappa shape index (κ3) is 9.03. The molecule has 3 heterocycles. The molecular weight excluding hydrogens is 451 g/mol. The fourth-order valence-corrected chi connectivity index (χ4v) is 4.17. The van der Waals surface area contributed by atoms with Crippen LogP contribution in [0.15, 0.2) is 24.5 Å². The van der Waals surface area contributed by atoms with Gasteiger partial charge in [0.2, 0.25) is 0 Å². The van der Waals surface area contributed by atoms with Crippen LogP contribution in [0.25, 0.3) is 0 Å². The Morgan fingerprint density at radius 3 is 2.89 bits per heavy atom. The van der Waals surface area contributed by atoms with Crippen LogP contribution < -0.4 is 10.6 Å². The van der Waals surface area contributed by atoms with Gasteiger partial charge in [0.1, 0.15) is 23.8 Å². The number of aliphatic carboxylic acids is 1. The quantitative estimate of drug-likeness (QED) is 0.326. The molecule has 192 valence electrons. The monoisotopic (exact) mass is 488 g/mol. The van der Waals surface area contributed by atoms with Crippen LogP contribution in [-0.4, -0.2) is 83.0 Å². The van der Waals surface area contributed by atoms with Gasteiger partial charge in [0.05, 0.1) is 24.7 Å². The molecule has 0 spiro atoms. The number of halogens is 1. The fourth-order valence-electron chi connectivity index (χ4n) is 4.17. The standard InChI is InChI=1S/C25H37FN6O3/c1-18-14-29-23(15-28-18)31-22(25(33)34)10-13-32(16-20(26)17-35-2)12-4-3-7-21-9-8-19-6-5-11-27-24(19)30-21/h8-9,14-15,20,22H,3-7,10-13,16-17H2,1-2H3,(H,27,30)(H,29,31)(H,33,34)/t20-,22-/m0/s1. The molecule has 0 aromatic carbocycles. The molecule has 2 aromatic heterocycles. The predicted octanol–water partition coefficient (Wildman–Crippen LogP) is 3.10. The lowest BCUT2D eigenvalue weighted by Gasteiger charge is -2.26. The smallest absolute Gasteiger partial charge is 0.326 e. The van der Waals surface area contributed by atoms with Gasteiger partial charge in [-0.25, -0.2) is 19.2 Å². The number of rotatable bonds is 15. The van der Waals surface area contributed by atoms with Crippen LogP contribution in [0.5, 0.6) is 0 Å². The van der Waals surface area contributed by atoms with E-state index in [9.17, 15) is 14.3 Å². The van der Waals surface area contributed by atoms with Gasteiger partial charge in [-0.15, -0.1) is 0 Å². The molecule has 0 saturated heterocycles. The molecular formula is C25H37FN6O3. The number of carbonyl (C=O) groups is 1. The topological polar surface area (TPSA) is 113 Å². The van der Waals surface area contributed by atoms with Crippen molar-refractivity contribution < 1.29 is 19.0 Å². The average molecular weight is 489 g/mol. The molecule has 0 radical (unpaired) electrons. The normalized spacial score (nSPS) is 14.7. The van der Waals surface area contributed by atoms with E-state index >= 15 is 0 Å². The van der Waals surface area contributed by atoms with E-state index in [-0.39, 0.29) is 13.2 Å². The highest BCUT2D eigenvalue weighted by Crippen LogP contribution is 2.20. The van der Waals surface area contributed by atoms with Crippen molar-refractivity contribution >= 4 is 17.6 Å². The van der Waals surface area contributed by atoms with Crippen LogP contribution in [0.1, 0.15) is 42.6 Å². The average Bonchev–Trinajstić information content (AvgIpc) is 2.85. The van der Waals surface area contributed by atoms with Crippen LogP contribution >= 0.6 is 0 Å². The Bertz CT molecular complexity index is 930. The zero-order valence-corrected chi connectivity index (χ0v) is 20.7. The first kappa shape index (κ1) is 26.7. The summed E-state index contributed by atoms with van der Waals surface area (Å²) in [6.07, 6.45) is 7.12. The molecule has 3 rings (SSSR count). The first-order valence-corrected chi connectivity index (χ1v) is 12.3. The summed E-state index contributed by atoms with van der Waals surface area (Å²) >= 11 is 0. The number of nitrogens with one attached hydrogen (secondary N) is 2. The number of ether oxygens (including phenoxy) is 1. The van der Waals surface area contributed by atoms with Gasteiger partial charge in [0.25, 0.3) is 0 Å². The lowest BCUT2D eigenvalue weighted by molar-refractivity contribution is -0.138. The summed E-state index contributed by atoms with van der Waals surface area (Å²) in [6.45, 7) is 4.11. The predicted molar refractivity (Wildman–Crippen MR) is 134 cm³/mol. The van der Waals surface area contributed by atoms with Crippen molar-refractivity contribution in [2.24, 2.45) is 0 Å². The highest BCUT2D eigenvalue weighted by atomic mass is 19.1. The van der Waals surface area contributed by atoms with Gasteiger partial charge in [0, 0.05) is 32.4 Å². The van der Waals surface area contributed by atoms with Gasteiger partial charge in [-0.05, 0) is 63.6 Å². The largest absolute Gasteiger partial charge is 0.480 e. The molecule has 2 aromatic rings. The number of unbranched alkanes of at least 4 members (excludes halogenated alkanes) is 1. The lowest BCUT2D eigenvalue weighted by atomic mass is 10.1. The van der Waals surface area contributed by atoms with Crippen molar-refractivity contribution in [1.82, 2.24) is 19.9 Å². The number of carboxylic acid groups (broad SMARTS) is 1. The number of pyridine rings is 1. The lowest BCUT2D eigenvalue weighted by Crippen LogP contribution is -2.38. The van der Waals surface area contributed by atoms with Crippen LogP contribution in [0.3, 0.4) is 0 Å². The van der Waals surface area contributed by atoms with E-state index in [1.807, 2.05) is 11.8 Å².